The van der Waals surface area contributed by atoms with Crippen LogP contribution in [0.4, 0.5) is 0 Å². The Balaban J connectivity index is 2.09. The molecule has 0 aliphatic carbocycles. The first kappa shape index (κ1) is 13.3. The van der Waals surface area contributed by atoms with Gasteiger partial charge in [0.2, 0.25) is 0 Å². The molecule has 4 heteroatoms. The first-order valence-corrected chi connectivity index (χ1v) is 5.82. The smallest absolute Gasteiger partial charge is 0.119 e. The van der Waals surface area contributed by atoms with Crippen LogP contribution < -0.4 is 10.5 Å². The van der Waals surface area contributed by atoms with Crippen molar-refractivity contribution in [3.63, 3.8) is 0 Å². The summed E-state index contributed by atoms with van der Waals surface area (Å²) in [4.78, 5) is 0. The lowest BCUT2D eigenvalue weighted by molar-refractivity contribution is 0.0897. The maximum Gasteiger partial charge on any atom is 0.119 e. The average molecular weight is 244 g/mol. The van der Waals surface area contributed by atoms with Crippen molar-refractivity contribution in [1.29, 1.82) is 0 Å². The van der Waals surface area contributed by atoms with Gasteiger partial charge in [-0.05, 0) is 30.7 Å². The molecule has 3 nitrogen and oxygen atoms in total. The third-order valence-corrected chi connectivity index (χ3v) is 2.42. The van der Waals surface area contributed by atoms with Gasteiger partial charge in [-0.2, -0.15) is 0 Å². The summed E-state index contributed by atoms with van der Waals surface area (Å²) in [7, 11) is 0. The Hall–Kier alpha value is -0.770. The van der Waals surface area contributed by atoms with Crippen LogP contribution in [0.25, 0.3) is 0 Å². The zero-order valence-corrected chi connectivity index (χ0v) is 10.2. The number of benzene rings is 1. The van der Waals surface area contributed by atoms with E-state index in [4.69, 9.17) is 26.8 Å². The average Bonchev–Trinajstić information content (AvgIpc) is 2.31. The second kappa shape index (κ2) is 7.49. The summed E-state index contributed by atoms with van der Waals surface area (Å²) in [6.07, 6.45) is 0.929. The SMILES string of the molecule is CCC(N)COCCOc1ccc(Cl)cc1. The van der Waals surface area contributed by atoms with Gasteiger partial charge in [-0.3, -0.25) is 0 Å². The Morgan fingerprint density at radius 2 is 1.94 bits per heavy atom. The lowest BCUT2D eigenvalue weighted by Gasteiger charge is -2.10. The Morgan fingerprint density at radius 3 is 2.56 bits per heavy atom. The van der Waals surface area contributed by atoms with Gasteiger partial charge in [0, 0.05) is 11.1 Å². The molecule has 0 saturated heterocycles. The number of rotatable bonds is 7. The second-order valence-corrected chi connectivity index (χ2v) is 3.98. The minimum Gasteiger partial charge on any atom is -0.491 e. The molecule has 0 radical (unpaired) electrons. The number of hydrogen-bond donors (Lipinski definition) is 1. The van der Waals surface area contributed by atoms with Gasteiger partial charge in [0.15, 0.2) is 0 Å². The minimum absolute atomic E-state index is 0.121. The molecular weight excluding hydrogens is 226 g/mol. The van der Waals surface area contributed by atoms with E-state index in [1.54, 1.807) is 12.1 Å². The lowest BCUT2D eigenvalue weighted by atomic mass is 10.3. The molecule has 0 heterocycles. The molecule has 2 N–H and O–H groups in total. The number of nitrogens with two attached hydrogens (primary N) is 1. The predicted octanol–water partition coefficient (Wildman–Crippen LogP) is 2.47. The monoisotopic (exact) mass is 243 g/mol. The van der Waals surface area contributed by atoms with Gasteiger partial charge < -0.3 is 15.2 Å². The van der Waals surface area contributed by atoms with Crippen molar-refractivity contribution in [2.24, 2.45) is 5.73 Å². The third-order valence-electron chi connectivity index (χ3n) is 2.17. The van der Waals surface area contributed by atoms with Crippen molar-refractivity contribution >= 4 is 11.6 Å². The van der Waals surface area contributed by atoms with Crippen LogP contribution in [0.5, 0.6) is 5.75 Å². The van der Waals surface area contributed by atoms with Crippen LogP contribution in [0.1, 0.15) is 13.3 Å². The molecule has 1 atom stereocenters. The highest BCUT2D eigenvalue weighted by atomic mass is 35.5. The van der Waals surface area contributed by atoms with Crippen molar-refractivity contribution in [1.82, 2.24) is 0 Å². The molecule has 0 spiro atoms. The number of halogens is 1. The molecule has 90 valence electrons. The van der Waals surface area contributed by atoms with E-state index in [1.165, 1.54) is 0 Å². The first-order valence-electron chi connectivity index (χ1n) is 5.44. The maximum absolute atomic E-state index is 5.75. The second-order valence-electron chi connectivity index (χ2n) is 3.55. The zero-order chi connectivity index (χ0) is 11.8. The molecule has 0 aromatic heterocycles. The molecule has 0 bridgehead atoms. The van der Waals surface area contributed by atoms with Crippen LogP contribution >= 0.6 is 11.6 Å². The Bertz CT molecular complexity index is 290. The van der Waals surface area contributed by atoms with Gasteiger partial charge >= 0.3 is 0 Å². The van der Waals surface area contributed by atoms with Gasteiger partial charge in [0.25, 0.3) is 0 Å². The van der Waals surface area contributed by atoms with E-state index in [9.17, 15) is 0 Å². The fourth-order valence-electron chi connectivity index (χ4n) is 1.10. The van der Waals surface area contributed by atoms with Crippen LogP contribution in [0, 0.1) is 0 Å². The molecule has 0 aliphatic rings. The third kappa shape index (κ3) is 5.35. The fraction of sp³-hybridized carbons (Fsp3) is 0.500. The summed E-state index contributed by atoms with van der Waals surface area (Å²) in [5, 5.41) is 0.706. The van der Waals surface area contributed by atoms with Crippen molar-refractivity contribution in [2.75, 3.05) is 19.8 Å². The predicted molar refractivity (Wildman–Crippen MR) is 66.0 cm³/mol. The molecule has 0 saturated carbocycles. The largest absolute Gasteiger partial charge is 0.491 e. The topological polar surface area (TPSA) is 44.5 Å². The van der Waals surface area contributed by atoms with Crippen molar-refractivity contribution in [2.45, 2.75) is 19.4 Å². The molecule has 1 aromatic rings. The number of hydrogen-bond acceptors (Lipinski definition) is 3. The Kier molecular flexibility index (Phi) is 6.23. The van der Waals surface area contributed by atoms with Crippen LogP contribution in [0.2, 0.25) is 5.02 Å². The zero-order valence-electron chi connectivity index (χ0n) is 9.49. The highest BCUT2D eigenvalue weighted by molar-refractivity contribution is 6.30. The summed E-state index contributed by atoms with van der Waals surface area (Å²) in [6.45, 7) is 3.70. The summed E-state index contributed by atoms with van der Waals surface area (Å²) >= 11 is 5.75. The Morgan fingerprint density at radius 1 is 1.25 bits per heavy atom. The first-order chi connectivity index (χ1) is 7.72. The quantitative estimate of drug-likeness (QED) is 0.749. The van der Waals surface area contributed by atoms with Gasteiger partial charge in [-0.1, -0.05) is 18.5 Å². The van der Waals surface area contributed by atoms with E-state index in [-0.39, 0.29) is 6.04 Å². The summed E-state index contributed by atoms with van der Waals surface area (Å²) in [5.41, 5.74) is 5.70. The molecule has 0 fully saturated rings. The standard InChI is InChI=1S/C12H18ClNO2/c1-2-11(14)9-15-7-8-16-12-5-3-10(13)4-6-12/h3-6,11H,2,7-9,14H2,1H3. The molecule has 1 unspecified atom stereocenters. The summed E-state index contributed by atoms with van der Waals surface area (Å²) in [6, 6.07) is 7.38. The van der Waals surface area contributed by atoms with Crippen molar-refractivity contribution < 1.29 is 9.47 Å². The molecule has 16 heavy (non-hydrogen) atoms. The highest BCUT2D eigenvalue weighted by Crippen LogP contribution is 2.15. The van der Waals surface area contributed by atoms with E-state index in [0.29, 0.717) is 24.8 Å². The van der Waals surface area contributed by atoms with Crippen LogP contribution in [0.3, 0.4) is 0 Å². The van der Waals surface area contributed by atoms with E-state index < -0.39 is 0 Å². The van der Waals surface area contributed by atoms with Crippen molar-refractivity contribution in [3.05, 3.63) is 29.3 Å². The maximum atomic E-state index is 5.75. The van der Waals surface area contributed by atoms with Gasteiger partial charge in [-0.15, -0.1) is 0 Å². The van der Waals surface area contributed by atoms with Crippen LogP contribution in [-0.4, -0.2) is 25.9 Å². The van der Waals surface area contributed by atoms with E-state index >= 15 is 0 Å². The molecule has 0 aliphatic heterocycles. The molecule has 1 aromatic carbocycles. The Labute approximate surface area is 101 Å². The minimum atomic E-state index is 0.121. The van der Waals surface area contributed by atoms with E-state index in [2.05, 4.69) is 0 Å². The number of ether oxygens (including phenoxy) is 2. The van der Waals surface area contributed by atoms with Gasteiger partial charge in [0.05, 0.1) is 13.2 Å². The van der Waals surface area contributed by atoms with Gasteiger partial charge in [0.1, 0.15) is 12.4 Å². The molecule has 0 amide bonds. The molecule has 1 rings (SSSR count). The van der Waals surface area contributed by atoms with Gasteiger partial charge in [-0.25, -0.2) is 0 Å². The lowest BCUT2D eigenvalue weighted by Crippen LogP contribution is -2.26. The highest BCUT2D eigenvalue weighted by Gasteiger charge is 1.98. The van der Waals surface area contributed by atoms with Crippen molar-refractivity contribution in [3.8, 4) is 5.75 Å². The summed E-state index contributed by atoms with van der Waals surface area (Å²) in [5.74, 6) is 0.799. The molecular formula is C12H18ClNO2. The fourth-order valence-corrected chi connectivity index (χ4v) is 1.23. The normalized spacial score (nSPS) is 12.4. The van der Waals surface area contributed by atoms with E-state index in [0.717, 1.165) is 12.2 Å². The van der Waals surface area contributed by atoms with Crippen LogP contribution in [0.15, 0.2) is 24.3 Å². The van der Waals surface area contributed by atoms with Crippen LogP contribution in [-0.2, 0) is 4.74 Å². The van der Waals surface area contributed by atoms with E-state index in [1.807, 2.05) is 19.1 Å². The summed E-state index contributed by atoms with van der Waals surface area (Å²) < 4.78 is 10.8.